The molecule has 0 aliphatic rings. The minimum absolute atomic E-state index is 0.251. The largest absolute Gasteiger partial charge is 0.388 e. The molecular weight excluding hydrogens is 382 g/mol. The molecule has 1 N–H and O–H groups in total. The molecule has 0 saturated heterocycles. The van der Waals surface area contributed by atoms with Crippen molar-refractivity contribution in [3.8, 4) is 0 Å². The van der Waals surface area contributed by atoms with E-state index in [1.165, 1.54) is 18.2 Å². The van der Waals surface area contributed by atoms with Gasteiger partial charge in [0.15, 0.2) is 0 Å². The first-order chi connectivity index (χ1) is 8.99. The van der Waals surface area contributed by atoms with Gasteiger partial charge in [0.2, 0.25) is 0 Å². The van der Waals surface area contributed by atoms with Crippen LogP contribution in [0.2, 0.25) is 0 Å². The summed E-state index contributed by atoms with van der Waals surface area (Å²) in [6.45, 7) is 0. The maximum absolute atomic E-state index is 13.4. The fraction of sp³-hybridized carbons (Fsp3) is 0.143. The molecule has 0 fully saturated rings. The third-order valence-electron chi connectivity index (χ3n) is 2.77. The molecule has 0 heterocycles. The molecule has 100 valence electrons. The van der Waals surface area contributed by atoms with Gasteiger partial charge in [-0.25, -0.2) is 8.78 Å². The number of halogens is 4. The van der Waals surface area contributed by atoms with Crippen molar-refractivity contribution in [3.05, 3.63) is 68.1 Å². The van der Waals surface area contributed by atoms with E-state index >= 15 is 0 Å². The first-order valence-corrected chi connectivity index (χ1v) is 7.13. The van der Waals surface area contributed by atoms with Crippen LogP contribution in [0.3, 0.4) is 0 Å². The van der Waals surface area contributed by atoms with Gasteiger partial charge < -0.3 is 5.11 Å². The summed E-state index contributed by atoms with van der Waals surface area (Å²) in [4.78, 5) is 0. The van der Waals surface area contributed by atoms with E-state index in [0.29, 0.717) is 10.0 Å². The first kappa shape index (κ1) is 14.6. The maximum Gasteiger partial charge on any atom is 0.137 e. The van der Waals surface area contributed by atoms with Crippen molar-refractivity contribution in [1.29, 1.82) is 0 Å². The van der Waals surface area contributed by atoms with Crippen LogP contribution < -0.4 is 0 Å². The Morgan fingerprint density at radius 3 is 2.53 bits per heavy atom. The molecule has 1 nitrogen and oxygen atoms in total. The second-order valence-corrected chi connectivity index (χ2v) is 5.75. The first-order valence-electron chi connectivity index (χ1n) is 5.55. The molecule has 0 saturated carbocycles. The van der Waals surface area contributed by atoms with Crippen LogP contribution >= 0.6 is 31.9 Å². The number of hydrogen-bond donors (Lipinski definition) is 1. The van der Waals surface area contributed by atoms with Gasteiger partial charge >= 0.3 is 0 Å². The van der Waals surface area contributed by atoms with E-state index < -0.39 is 11.9 Å². The van der Waals surface area contributed by atoms with Crippen molar-refractivity contribution in [2.45, 2.75) is 12.5 Å². The Morgan fingerprint density at radius 2 is 1.84 bits per heavy atom. The van der Waals surface area contributed by atoms with Crippen LogP contribution in [0.15, 0.2) is 45.3 Å². The van der Waals surface area contributed by atoms with Gasteiger partial charge in [-0.1, -0.05) is 34.1 Å². The van der Waals surface area contributed by atoms with E-state index in [1.54, 1.807) is 18.2 Å². The molecule has 2 rings (SSSR count). The van der Waals surface area contributed by atoms with Crippen molar-refractivity contribution in [2.24, 2.45) is 0 Å². The predicted molar refractivity (Wildman–Crippen MR) is 76.9 cm³/mol. The van der Waals surface area contributed by atoms with Gasteiger partial charge in [-0.05, 0) is 45.3 Å². The zero-order valence-electron chi connectivity index (χ0n) is 9.71. The van der Waals surface area contributed by atoms with Crippen molar-refractivity contribution in [2.75, 3.05) is 0 Å². The maximum atomic E-state index is 13.4. The zero-order valence-corrected chi connectivity index (χ0v) is 12.9. The van der Waals surface area contributed by atoms with Gasteiger partial charge in [0.05, 0.1) is 10.6 Å². The minimum atomic E-state index is -0.869. The second kappa shape index (κ2) is 6.11. The number of benzene rings is 2. The average molecular weight is 392 g/mol. The molecule has 0 amide bonds. The lowest BCUT2D eigenvalue weighted by Crippen LogP contribution is -2.04. The quantitative estimate of drug-likeness (QED) is 0.799. The highest BCUT2D eigenvalue weighted by molar-refractivity contribution is 9.10. The number of aliphatic hydroxyl groups is 1. The molecule has 2 aromatic rings. The highest BCUT2D eigenvalue weighted by Crippen LogP contribution is 2.30. The van der Waals surface area contributed by atoms with Gasteiger partial charge in [-0.2, -0.15) is 0 Å². The molecule has 0 bridgehead atoms. The van der Waals surface area contributed by atoms with Crippen molar-refractivity contribution in [1.82, 2.24) is 0 Å². The lowest BCUT2D eigenvalue weighted by Gasteiger charge is -2.14. The molecule has 19 heavy (non-hydrogen) atoms. The van der Waals surface area contributed by atoms with Crippen LogP contribution in [0, 0.1) is 11.6 Å². The average Bonchev–Trinajstić information content (AvgIpc) is 2.36. The molecule has 1 unspecified atom stereocenters. The predicted octanol–water partition coefficient (Wildman–Crippen LogP) is 4.77. The molecule has 0 spiro atoms. The van der Waals surface area contributed by atoms with Crippen LogP contribution in [-0.2, 0) is 6.42 Å². The molecule has 1 atom stereocenters. The Balaban J connectivity index is 2.25. The van der Waals surface area contributed by atoms with Crippen LogP contribution in [0.25, 0.3) is 0 Å². The van der Waals surface area contributed by atoms with Crippen LogP contribution in [0.5, 0.6) is 0 Å². The van der Waals surface area contributed by atoms with Crippen molar-refractivity contribution in [3.63, 3.8) is 0 Å². The summed E-state index contributed by atoms with van der Waals surface area (Å²) < 4.78 is 27.2. The van der Waals surface area contributed by atoms with E-state index in [9.17, 15) is 13.9 Å². The van der Waals surface area contributed by atoms with Crippen molar-refractivity contribution < 1.29 is 13.9 Å². The summed E-state index contributed by atoms with van der Waals surface area (Å²) >= 11 is 6.36. The molecule has 0 aliphatic heterocycles. The lowest BCUT2D eigenvalue weighted by molar-refractivity contribution is 0.177. The Kier molecular flexibility index (Phi) is 4.71. The van der Waals surface area contributed by atoms with E-state index in [2.05, 4.69) is 31.9 Å². The fourth-order valence-corrected chi connectivity index (χ4v) is 2.82. The molecule has 5 heteroatoms. The summed E-state index contributed by atoms with van der Waals surface area (Å²) in [5.41, 5.74) is 1.22. The summed E-state index contributed by atoms with van der Waals surface area (Å²) in [7, 11) is 0. The Hall–Kier alpha value is -0.780. The minimum Gasteiger partial charge on any atom is -0.388 e. The molecule has 0 aromatic heterocycles. The summed E-state index contributed by atoms with van der Waals surface area (Å²) in [5.74, 6) is -0.772. The van der Waals surface area contributed by atoms with Gasteiger partial charge in [0.25, 0.3) is 0 Å². The van der Waals surface area contributed by atoms with Gasteiger partial charge in [0.1, 0.15) is 11.6 Å². The monoisotopic (exact) mass is 390 g/mol. The molecule has 0 aliphatic carbocycles. The number of hydrogen-bond acceptors (Lipinski definition) is 1. The van der Waals surface area contributed by atoms with Crippen molar-refractivity contribution >= 4 is 31.9 Å². The zero-order chi connectivity index (χ0) is 14.0. The third-order valence-corrected chi connectivity index (χ3v) is 4.34. The Morgan fingerprint density at radius 1 is 1.11 bits per heavy atom. The Bertz CT molecular complexity index is 602. The molecule has 0 radical (unpaired) electrons. The normalized spacial score (nSPS) is 12.5. The summed E-state index contributed by atoms with van der Waals surface area (Å²) in [6, 6.07) is 8.76. The third kappa shape index (κ3) is 3.41. The van der Waals surface area contributed by atoms with Gasteiger partial charge in [-0.3, -0.25) is 0 Å². The lowest BCUT2D eigenvalue weighted by atomic mass is 10.0. The van der Waals surface area contributed by atoms with E-state index in [4.69, 9.17) is 0 Å². The fourth-order valence-electron chi connectivity index (χ4n) is 1.78. The Labute approximate surface area is 126 Å². The SMILES string of the molecule is OC(Cc1ccc(F)cc1Br)c1cccc(F)c1Br. The molecule has 2 aromatic carbocycles. The highest BCUT2D eigenvalue weighted by Gasteiger charge is 2.16. The second-order valence-electron chi connectivity index (χ2n) is 4.10. The number of rotatable bonds is 3. The standard InChI is InChI=1S/C14H10Br2F2O/c15-11-7-9(17)5-4-8(11)6-13(19)10-2-1-3-12(18)14(10)16/h1-5,7,13,19H,6H2. The van der Waals surface area contributed by atoms with E-state index in [1.807, 2.05) is 0 Å². The van der Waals surface area contributed by atoms with Crippen LogP contribution in [0.4, 0.5) is 8.78 Å². The van der Waals surface area contributed by atoms with Crippen LogP contribution in [0.1, 0.15) is 17.2 Å². The topological polar surface area (TPSA) is 20.2 Å². The van der Waals surface area contributed by atoms with Crippen LogP contribution in [-0.4, -0.2) is 5.11 Å². The van der Waals surface area contributed by atoms with E-state index in [0.717, 1.165) is 5.56 Å². The number of aliphatic hydroxyl groups excluding tert-OH is 1. The highest BCUT2D eigenvalue weighted by atomic mass is 79.9. The van der Waals surface area contributed by atoms with Gasteiger partial charge in [0, 0.05) is 10.9 Å². The van der Waals surface area contributed by atoms with E-state index in [-0.39, 0.29) is 16.7 Å². The summed E-state index contributed by atoms with van der Waals surface area (Å²) in [6.07, 6.45) is -0.602. The smallest absolute Gasteiger partial charge is 0.137 e. The van der Waals surface area contributed by atoms with Gasteiger partial charge in [-0.15, -0.1) is 0 Å². The summed E-state index contributed by atoms with van der Waals surface area (Å²) in [5, 5.41) is 10.2. The molecular formula is C14H10Br2F2O.